The normalized spacial score (nSPS) is 12.2. The molecule has 0 bridgehead atoms. The van der Waals surface area contributed by atoms with Gasteiger partial charge in [0.05, 0.1) is 18.2 Å². The molecule has 0 fully saturated rings. The molecule has 0 atom stereocenters. The number of benzene rings is 11. The second-order valence-electron chi connectivity index (χ2n) is 21.8. The monoisotopic (exact) mass is 1010 g/mol. The lowest BCUT2D eigenvalue weighted by atomic mass is 9.33. The molecule has 0 spiro atoms. The quantitative estimate of drug-likeness (QED) is 0.101. The first-order valence-electron chi connectivity index (χ1n) is 27.2. The second kappa shape index (κ2) is 20.2. The Morgan fingerprint density at radius 2 is 0.785 bits per heavy atom. The molecule has 4 nitrogen and oxygen atoms in total. The Morgan fingerprint density at radius 3 is 1.19 bits per heavy atom. The Hall–Kier alpha value is -9.94. The largest absolute Gasteiger partial charge is 0.338 e. The van der Waals surface area contributed by atoms with Gasteiger partial charge < -0.3 is 9.80 Å². The Kier molecular flexibility index (Phi) is 12.5. The van der Waals surface area contributed by atoms with Gasteiger partial charge in [0.1, 0.15) is 0 Å². The minimum atomic E-state index is -0.222. The minimum Gasteiger partial charge on any atom is -0.338 e. The number of hydrogen-bond acceptors (Lipinski definition) is 3. The van der Waals surface area contributed by atoms with Gasteiger partial charge in [0.15, 0.2) is 5.69 Å². The fraction of sp³-hybridized carbons (Fsp3) is 0.0811. The van der Waals surface area contributed by atoms with E-state index in [1.807, 2.05) is 36.4 Å². The first-order chi connectivity index (χ1) is 38.7. The Bertz CT molecular complexity index is 3830. The fourth-order valence-corrected chi connectivity index (χ4v) is 12.2. The number of nitriles is 1. The molecule has 0 aromatic heterocycles. The van der Waals surface area contributed by atoms with Crippen LogP contribution in [0.4, 0.5) is 28.4 Å². The Morgan fingerprint density at radius 1 is 0.405 bits per heavy atom. The third-order valence-corrected chi connectivity index (χ3v) is 16.1. The van der Waals surface area contributed by atoms with Crippen LogP contribution in [0.2, 0.25) is 0 Å². The average Bonchev–Trinajstić information content (AvgIpc) is 3.69. The number of nitrogens with zero attached hydrogens (tertiary/aromatic N) is 4. The van der Waals surface area contributed by atoms with Crippen molar-refractivity contribution in [2.24, 2.45) is 0 Å². The molecule has 11 aromatic carbocycles. The lowest BCUT2D eigenvalue weighted by Gasteiger charge is -2.46. The molecule has 2 heterocycles. The maximum atomic E-state index is 10.2. The first-order valence-corrected chi connectivity index (χ1v) is 27.2. The van der Waals surface area contributed by atoms with Gasteiger partial charge in [-0.2, -0.15) is 5.26 Å². The highest BCUT2D eigenvalue weighted by Crippen LogP contribution is 2.46. The third kappa shape index (κ3) is 8.96. The van der Waals surface area contributed by atoms with Crippen LogP contribution in [0.15, 0.2) is 255 Å². The molecular weight excluding hydrogens is 956 g/mol. The van der Waals surface area contributed by atoms with E-state index in [9.17, 15) is 5.26 Å². The molecule has 0 amide bonds. The maximum Gasteiger partial charge on any atom is 0.252 e. The van der Waals surface area contributed by atoms with Crippen LogP contribution >= 0.6 is 0 Å². The summed E-state index contributed by atoms with van der Waals surface area (Å²) < 4.78 is 0. The molecule has 11 aromatic rings. The molecule has 0 saturated carbocycles. The van der Waals surface area contributed by atoms with Crippen molar-refractivity contribution >= 4 is 51.5 Å². The van der Waals surface area contributed by atoms with E-state index in [1.165, 1.54) is 89.0 Å². The van der Waals surface area contributed by atoms with Crippen molar-refractivity contribution in [1.82, 2.24) is 0 Å². The molecule has 0 aliphatic carbocycles. The van der Waals surface area contributed by atoms with Crippen LogP contribution in [0, 0.1) is 17.9 Å². The number of anilines is 4. The SMILES string of the molecule is [C-]#[N+]c1cccc(-c2ccc3c(c2)B2c4cc(-c5cccc(C#N)c5)ccc4N(Cc4c(-c5ccccc5)cccc4-c4ccccc4)c4cc(C(C)(C)C)cc(c42)N3Cc2c(-c3ccccc3)cccc2-c2ccccc2)c1. The smallest absolute Gasteiger partial charge is 0.252 e. The number of rotatable bonds is 10. The van der Waals surface area contributed by atoms with Crippen LogP contribution in [-0.2, 0) is 18.5 Å². The van der Waals surface area contributed by atoms with E-state index >= 15 is 0 Å². The van der Waals surface area contributed by atoms with Crippen molar-refractivity contribution in [3.05, 3.63) is 288 Å². The summed E-state index contributed by atoms with van der Waals surface area (Å²) >= 11 is 0. The molecule has 2 aliphatic rings. The van der Waals surface area contributed by atoms with Crippen LogP contribution < -0.4 is 26.2 Å². The topological polar surface area (TPSA) is 34.6 Å². The average molecular weight is 1010 g/mol. The van der Waals surface area contributed by atoms with Crippen LogP contribution in [-0.4, -0.2) is 6.71 Å². The molecule has 0 unspecified atom stereocenters. The summed E-state index contributed by atoms with van der Waals surface area (Å²) in [5.74, 6) is 0. The fourth-order valence-electron chi connectivity index (χ4n) is 12.2. The second-order valence-corrected chi connectivity index (χ2v) is 21.8. The summed E-state index contributed by atoms with van der Waals surface area (Å²) in [4.78, 5) is 9.10. The van der Waals surface area contributed by atoms with Gasteiger partial charge in [-0.05, 0) is 148 Å². The molecule has 79 heavy (non-hydrogen) atoms. The van der Waals surface area contributed by atoms with Gasteiger partial charge in [-0.1, -0.05) is 233 Å². The van der Waals surface area contributed by atoms with E-state index in [4.69, 9.17) is 6.57 Å². The number of fused-ring (bicyclic) bond motifs is 4. The summed E-state index contributed by atoms with van der Waals surface area (Å²) in [6.45, 7) is 16.0. The van der Waals surface area contributed by atoms with Crippen molar-refractivity contribution in [3.8, 4) is 72.8 Å². The van der Waals surface area contributed by atoms with Gasteiger partial charge in [0, 0.05) is 35.8 Å². The number of hydrogen-bond donors (Lipinski definition) is 0. The summed E-state index contributed by atoms with van der Waals surface area (Å²) in [5, 5.41) is 10.2. The van der Waals surface area contributed by atoms with Gasteiger partial charge in [0.2, 0.25) is 0 Å². The lowest BCUT2D eigenvalue weighted by molar-refractivity contribution is 0.590. The van der Waals surface area contributed by atoms with E-state index < -0.39 is 0 Å². The van der Waals surface area contributed by atoms with Gasteiger partial charge in [0.25, 0.3) is 6.71 Å². The van der Waals surface area contributed by atoms with Crippen LogP contribution in [0.25, 0.3) is 71.6 Å². The lowest BCUT2D eigenvalue weighted by Crippen LogP contribution is -2.62. The Balaban J connectivity index is 1.13. The van der Waals surface area contributed by atoms with E-state index in [-0.39, 0.29) is 12.1 Å². The zero-order valence-electron chi connectivity index (χ0n) is 44.5. The zero-order chi connectivity index (χ0) is 53.6. The van der Waals surface area contributed by atoms with Gasteiger partial charge in [-0.3, -0.25) is 0 Å². The first kappa shape index (κ1) is 48.7. The predicted octanol–water partition coefficient (Wildman–Crippen LogP) is 17.2. The van der Waals surface area contributed by atoms with Crippen LogP contribution in [0.3, 0.4) is 0 Å². The van der Waals surface area contributed by atoms with E-state index in [0.29, 0.717) is 24.3 Å². The molecule has 5 heteroatoms. The molecule has 2 aliphatic heterocycles. The maximum absolute atomic E-state index is 10.2. The van der Waals surface area contributed by atoms with Crippen molar-refractivity contribution in [1.29, 1.82) is 5.26 Å². The molecule has 13 rings (SSSR count). The van der Waals surface area contributed by atoms with Gasteiger partial charge in [-0.25, -0.2) is 4.85 Å². The van der Waals surface area contributed by atoms with Crippen LogP contribution in [0.5, 0.6) is 0 Å². The highest BCUT2D eigenvalue weighted by molar-refractivity contribution is 7.00. The molecule has 0 saturated heterocycles. The van der Waals surface area contributed by atoms with Crippen LogP contribution in [0.1, 0.15) is 43.0 Å². The van der Waals surface area contributed by atoms with E-state index in [2.05, 4.69) is 260 Å². The third-order valence-electron chi connectivity index (χ3n) is 16.1. The van der Waals surface area contributed by atoms with Crippen molar-refractivity contribution in [2.75, 3.05) is 9.80 Å². The molecule has 0 N–H and O–H groups in total. The zero-order valence-corrected chi connectivity index (χ0v) is 44.5. The summed E-state index contributed by atoms with van der Waals surface area (Å²) in [6.07, 6.45) is 0. The molecule has 374 valence electrons. The van der Waals surface area contributed by atoms with Crippen molar-refractivity contribution < 1.29 is 0 Å². The summed E-state index contributed by atoms with van der Waals surface area (Å²) in [5.41, 5.74) is 26.6. The Labute approximate surface area is 464 Å². The summed E-state index contributed by atoms with van der Waals surface area (Å²) in [7, 11) is 0. The van der Waals surface area contributed by atoms with Crippen molar-refractivity contribution in [3.63, 3.8) is 0 Å². The standard InChI is InChI=1S/C74H55BN4/c1-74(2,3)59-45-71-73-72(46-59)79(49-66-63(53-26-13-7-14-27-53)35-20-36-64(66)54-28-15-8-16-29-54)70-40-38-58(56-31-18-32-60(42-56)77-4)44-68(70)75(73)67-43-57(55-30-17-21-50(41-55)47-76)37-39-69(67)78(71)48-65-61(51-22-9-5-10-23-51)33-19-34-62(65)52-24-11-6-12-25-52/h5-46H,48-49H2,1-3H3. The van der Waals surface area contributed by atoms with Gasteiger partial charge >= 0.3 is 0 Å². The van der Waals surface area contributed by atoms with Crippen molar-refractivity contribution in [2.45, 2.75) is 39.3 Å². The van der Waals surface area contributed by atoms with E-state index in [0.717, 1.165) is 33.6 Å². The molecular formula is C74H55BN4. The highest BCUT2D eigenvalue weighted by atomic mass is 15.2. The molecule has 0 radical (unpaired) electrons. The van der Waals surface area contributed by atoms with Gasteiger partial charge in [-0.15, -0.1) is 0 Å². The minimum absolute atomic E-state index is 0.199. The van der Waals surface area contributed by atoms with E-state index in [1.54, 1.807) is 0 Å². The predicted molar refractivity (Wildman–Crippen MR) is 331 cm³/mol. The highest BCUT2D eigenvalue weighted by Gasteiger charge is 2.44. The summed E-state index contributed by atoms with van der Waals surface area (Å²) in [6, 6.07) is 94.2.